The van der Waals surface area contributed by atoms with Crippen LogP contribution in [-0.4, -0.2) is 42.2 Å². The van der Waals surface area contributed by atoms with Crippen molar-refractivity contribution >= 4 is 44.6 Å². The molecule has 3 rings (SSSR count). The molecule has 0 aliphatic carbocycles. The van der Waals surface area contributed by atoms with E-state index in [2.05, 4.69) is 58.0 Å². The molecule has 25 heavy (non-hydrogen) atoms. The van der Waals surface area contributed by atoms with Crippen LogP contribution < -0.4 is 10.6 Å². The molecule has 0 fully saturated rings. The number of likely N-dealkylation sites (N-methyl/N-ethyl adjacent to an activating group) is 1. The average molecular weight is 371 g/mol. The van der Waals surface area contributed by atoms with E-state index in [0.29, 0.717) is 5.11 Å². The van der Waals surface area contributed by atoms with E-state index in [1.54, 1.807) is 11.3 Å². The van der Waals surface area contributed by atoms with Crippen LogP contribution >= 0.6 is 23.6 Å². The highest BCUT2D eigenvalue weighted by atomic mass is 32.1. The lowest BCUT2D eigenvalue weighted by molar-refractivity contribution is 0.413. The molecule has 2 aromatic carbocycles. The van der Waals surface area contributed by atoms with Crippen molar-refractivity contribution in [2.45, 2.75) is 6.42 Å². The molecular formula is C19H22N4S2. The summed E-state index contributed by atoms with van der Waals surface area (Å²) in [6.45, 7) is 1.78. The van der Waals surface area contributed by atoms with E-state index in [1.807, 2.05) is 20.2 Å². The largest absolute Gasteiger partial charge is 0.361 e. The smallest absolute Gasteiger partial charge is 0.170 e. The monoisotopic (exact) mass is 370 g/mol. The van der Waals surface area contributed by atoms with E-state index in [0.717, 1.165) is 35.7 Å². The van der Waals surface area contributed by atoms with Gasteiger partial charge in [0.2, 0.25) is 0 Å². The highest BCUT2D eigenvalue weighted by molar-refractivity contribution is 7.80. The van der Waals surface area contributed by atoms with Gasteiger partial charge < -0.3 is 15.5 Å². The molecule has 0 saturated heterocycles. The van der Waals surface area contributed by atoms with Gasteiger partial charge in [-0.15, -0.1) is 11.3 Å². The Balaban J connectivity index is 1.55. The van der Waals surface area contributed by atoms with Crippen molar-refractivity contribution in [3.63, 3.8) is 0 Å². The number of benzene rings is 2. The van der Waals surface area contributed by atoms with Crippen molar-refractivity contribution in [1.29, 1.82) is 0 Å². The summed E-state index contributed by atoms with van der Waals surface area (Å²) in [5.74, 6) is 0. The van der Waals surface area contributed by atoms with Crippen molar-refractivity contribution in [3.05, 3.63) is 59.1 Å². The molecule has 1 heterocycles. The van der Waals surface area contributed by atoms with Crippen LogP contribution in [-0.2, 0) is 6.42 Å². The summed E-state index contributed by atoms with van der Waals surface area (Å²) in [5, 5.41) is 8.21. The summed E-state index contributed by atoms with van der Waals surface area (Å²) < 4.78 is 1.24. The summed E-state index contributed by atoms with van der Waals surface area (Å²) in [4.78, 5) is 6.81. The predicted octanol–water partition coefficient (Wildman–Crippen LogP) is 3.74. The van der Waals surface area contributed by atoms with E-state index in [4.69, 9.17) is 17.2 Å². The normalized spacial score (nSPS) is 11.0. The quantitative estimate of drug-likeness (QED) is 0.647. The van der Waals surface area contributed by atoms with Crippen LogP contribution in [0.4, 0.5) is 5.69 Å². The lowest BCUT2D eigenvalue weighted by Gasteiger charge is -2.13. The number of aromatic nitrogens is 1. The lowest BCUT2D eigenvalue weighted by Crippen LogP contribution is -2.34. The Morgan fingerprint density at radius 2 is 1.88 bits per heavy atom. The van der Waals surface area contributed by atoms with Crippen LogP contribution in [0.15, 0.2) is 48.5 Å². The maximum absolute atomic E-state index is 5.31. The molecule has 3 aromatic rings. The number of thiocarbonyl (C=S) groups is 1. The molecule has 4 nitrogen and oxygen atoms in total. The van der Waals surface area contributed by atoms with Gasteiger partial charge in [-0.3, -0.25) is 0 Å². The molecule has 130 valence electrons. The molecule has 1 aromatic heterocycles. The van der Waals surface area contributed by atoms with Gasteiger partial charge in [0.1, 0.15) is 0 Å². The molecule has 0 aliphatic heterocycles. The van der Waals surface area contributed by atoms with E-state index >= 15 is 0 Å². The molecule has 0 aliphatic rings. The van der Waals surface area contributed by atoms with Crippen molar-refractivity contribution in [3.8, 4) is 0 Å². The fourth-order valence-corrected chi connectivity index (χ4v) is 3.67. The fraction of sp³-hybridized carbons (Fsp3) is 0.263. The van der Waals surface area contributed by atoms with Gasteiger partial charge in [-0.05, 0) is 56.1 Å². The number of para-hydroxylation sites is 1. The second kappa shape index (κ2) is 8.38. The Morgan fingerprint density at radius 1 is 1.12 bits per heavy atom. The zero-order chi connectivity index (χ0) is 17.6. The topological polar surface area (TPSA) is 40.2 Å². The number of rotatable bonds is 6. The first-order chi connectivity index (χ1) is 12.1. The third kappa shape index (κ3) is 5.22. The van der Waals surface area contributed by atoms with Crippen molar-refractivity contribution < 1.29 is 0 Å². The summed E-state index contributed by atoms with van der Waals surface area (Å²) in [5.41, 5.74) is 3.32. The first-order valence-electron chi connectivity index (χ1n) is 8.23. The Morgan fingerprint density at radius 3 is 2.60 bits per heavy atom. The van der Waals surface area contributed by atoms with E-state index in [9.17, 15) is 0 Å². The zero-order valence-electron chi connectivity index (χ0n) is 14.5. The second-order valence-corrected chi connectivity index (χ2v) is 7.66. The summed E-state index contributed by atoms with van der Waals surface area (Å²) in [6, 6.07) is 16.6. The molecule has 0 spiro atoms. The second-order valence-electron chi connectivity index (χ2n) is 6.13. The number of thiazole rings is 1. The van der Waals surface area contributed by atoms with Gasteiger partial charge in [0, 0.05) is 25.2 Å². The van der Waals surface area contributed by atoms with Crippen LogP contribution in [0.2, 0.25) is 0 Å². The highest BCUT2D eigenvalue weighted by Gasteiger charge is 2.05. The van der Waals surface area contributed by atoms with Gasteiger partial charge in [0.05, 0.1) is 15.2 Å². The number of nitrogens with zero attached hydrogens (tertiary/aromatic N) is 2. The number of nitrogens with one attached hydrogen (secondary N) is 2. The molecule has 0 atom stereocenters. The lowest BCUT2D eigenvalue weighted by atomic mass is 10.1. The molecule has 0 radical (unpaired) electrons. The molecule has 0 saturated carbocycles. The van der Waals surface area contributed by atoms with Crippen molar-refractivity contribution in [2.24, 2.45) is 0 Å². The van der Waals surface area contributed by atoms with Crippen LogP contribution in [0.25, 0.3) is 10.2 Å². The summed E-state index contributed by atoms with van der Waals surface area (Å²) in [7, 11) is 4.09. The SMILES string of the molecule is CN(C)CCNC(=S)Nc1ccc(Cc2nc3ccccc3s2)cc1. The number of hydrogen-bond acceptors (Lipinski definition) is 4. The minimum Gasteiger partial charge on any atom is -0.361 e. The number of hydrogen-bond donors (Lipinski definition) is 2. The van der Waals surface area contributed by atoms with Gasteiger partial charge in [-0.1, -0.05) is 24.3 Å². The van der Waals surface area contributed by atoms with Crippen LogP contribution in [0.3, 0.4) is 0 Å². The van der Waals surface area contributed by atoms with Crippen LogP contribution in [0.1, 0.15) is 10.6 Å². The Kier molecular flexibility index (Phi) is 5.96. The van der Waals surface area contributed by atoms with Gasteiger partial charge in [0.15, 0.2) is 5.11 Å². The van der Waals surface area contributed by atoms with E-state index < -0.39 is 0 Å². The zero-order valence-corrected chi connectivity index (χ0v) is 16.1. The van der Waals surface area contributed by atoms with Crippen molar-refractivity contribution in [2.75, 3.05) is 32.5 Å². The maximum atomic E-state index is 5.31. The van der Waals surface area contributed by atoms with Gasteiger partial charge >= 0.3 is 0 Å². The van der Waals surface area contributed by atoms with Gasteiger partial charge in [0.25, 0.3) is 0 Å². The Labute approximate surface area is 157 Å². The number of anilines is 1. The Hall–Kier alpha value is -2.02. The molecule has 0 bridgehead atoms. The van der Waals surface area contributed by atoms with Crippen LogP contribution in [0, 0.1) is 0 Å². The molecule has 6 heteroatoms. The average Bonchev–Trinajstić information content (AvgIpc) is 2.98. The maximum Gasteiger partial charge on any atom is 0.170 e. The third-order valence-corrected chi connectivity index (χ3v) is 5.03. The molecule has 2 N–H and O–H groups in total. The Bertz CT molecular complexity index is 807. The minimum atomic E-state index is 0.653. The first kappa shape index (κ1) is 17.8. The van der Waals surface area contributed by atoms with E-state index in [1.165, 1.54) is 10.3 Å². The number of fused-ring (bicyclic) bond motifs is 1. The van der Waals surface area contributed by atoms with Crippen LogP contribution in [0.5, 0.6) is 0 Å². The molecule has 0 unspecified atom stereocenters. The first-order valence-corrected chi connectivity index (χ1v) is 9.45. The summed E-state index contributed by atoms with van der Waals surface area (Å²) >= 11 is 7.07. The third-order valence-electron chi connectivity index (χ3n) is 3.75. The minimum absolute atomic E-state index is 0.653. The summed E-state index contributed by atoms with van der Waals surface area (Å²) in [6.07, 6.45) is 0.852. The van der Waals surface area contributed by atoms with Gasteiger partial charge in [-0.2, -0.15) is 0 Å². The van der Waals surface area contributed by atoms with Gasteiger partial charge in [-0.25, -0.2) is 4.98 Å². The fourth-order valence-electron chi connectivity index (χ4n) is 2.44. The standard InChI is InChI=1S/C19H22N4S2/c1-23(2)12-11-20-19(24)21-15-9-7-14(8-10-15)13-18-22-16-5-3-4-6-17(16)25-18/h3-10H,11-13H2,1-2H3,(H2,20,21,24). The molecular weight excluding hydrogens is 348 g/mol. The highest BCUT2D eigenvalue weighted by Crippen LogP contribution is 2.24. The van der Waals surface area contributed by atoms with E-state index in [-0.39, 0.29) is 0 Å². The molecule has 0 amide bonds. The van der Waals surface area contributed by atoms with Crippen molar-refractivity contribution in [1.82, 2.24) is 15.2 Å². The predicted molar refractivity (Wildman–Crippen MR) is 112 cm³/mol.